The maximum atomic E-state index is 13.5. The second-order valence-electron chi connectivity index (χ2n) is 18.0. The predicted octanol–water partition coefficient (Wildman–Crippen LogP) is 5.75. The van der Waals surface area contributed by atoms with Crippen molar-refractivity contribution in [1.29, 1.82) is 0 Å². The quantitative estimate of drug-likeness (QED) is 0.0216. The van der Waals surface area contributed by atoms with Crippen molar-refractivity contribution >= 4 is 69.0 Å². The van der Waals surface area contributed by atoms with E-state index in [-0.39, 0.29) is 88.3 Å². The summed E-state index contributed by atoms with van der Waals surface area (Å²) in [5, 5.41) is 37.8. The standard InChI is InChI=1S/C53H58N6O13/c1-29(2)22-42(51(67)56-28-47(64)58-41(10-7-9-20-54-31(4)60)52(68)57-33-13-17-36-30(3)23-48(65)72-43(36)25-33)59-46(63)11-6-5-8-21-55-50(66)32-12-16-37(40(24-32)53(69)70)49-38-18-14-34(61)26-44(38)71-45-27-35(62)15-19-39(45)49/h12-19,23-27,29,41-42,61H,5-11,20-22,28H2,1-4H3,(H,54,60)(H,55,66)(H,56,67)(H,57,68)(H,58,64)(H,59,63)(H,69,70)/t41-,42-/m0/s1. The number of aryl methyl sites for hydroxylation is 1. The SMILES string of the molecule is CC(=O)NCCCC[C@H](NC(=O)CNC(=O)[C@H](CC(C)C)NC(=O)CCCCCNC(=O)c1ccc(-c2c3ccc(=O)cc-3oc3cc(O)ccc23)c(C(=O)O)c1)C(=O)Nc1ccc2c(C)cc(=O)oc2c1. The number of phenolic OH excluding ortho intramolecular Hbond substituents is 1. The summed E-state index contributed by atoms with van der Waals surface area (Å²) in [6.07, 6.45) is 3.00. The number of hydrogen-bond donors (Lipinski definition) is 8. The van der Waals surface area contributed by atoms with Crippen molar-refractivity contribution in [3.05, 3.63) is 116 Å². The third-order valence-corrected chi connectivity index (χ3v) is 11.8. The van der Waals surface area contributed by atoms with Gasteiger partial charge >= 0.3 is 11.6 Å². The Bertz CT molecular complexity index is 3110. The van der Waals surface area contributed by atoms with Crippen LogP contribution in [0.1, 0.15) is 98.4 Å². The lowest BCUT2D eigenvalue weighted by atomic mass is 9.90. The van der Waals surface area contributed by atoms with E-state index in [0.29, 0.717) is 71.8 Å². The van der Waals surface area contributed by atoms with Gasteiger partial charge in [0.2, 0.25) is 29.5 Å². The van der Waals surface area contributed by atoms with Crippen molar-refractivity contribution in [3.8, 4) is 28.2 Å². The van der Waals surface area contributed by atoms with Crippen molar-refractivity contribution < 1.29 is 52.6 Å². The van der Waals surface area contributed by atoms with Crippen LogP contribution < -0.4 is 43.0 Å². The molecule has 2 aliphatic rings. The molecule has 19 nitrogen and oxygen atoms in total. The Morgan fingerprint density at radius 3 is 2.12 bits per heavy atom. The summed E-state index contributed by atoms with van der Waals surface area (Å²) in [5.41, 5.74) is 1.80. The number of carbonyl (C=O) groups excluding carboxylic acids is 6. The van der Waals surface area contributed by atoms with E-state index in [0.717, 1.165) is 0 Å². The molecule has 6 amide bonds. The third kappa shape index (κ3) is 14.4. The molecule has 1 aromatic heterocycles. The first-order chi connectivity index (χ1) is 34.4. The van der Waals surface area contributed by atoms with Crippen LogP contribution in [-0.4, -0.2) is 83.3 Å². The van der Waals surface area contributed by atoms with E-state index < -0.39 is 53.9 Å². The number of anilines is 1. The Kier molecular flexibility index (Phi) is 18.0. The first-order valence-electron chi connectivity index (χ1n) is 23.7. The van der Waals surface area contributed by atoms with Crippen LogP contribution in [0.3, 0.4) is 0 Å². The number of phenols is 1. The monoisotopic (exact) mass is 986 g/mol. The van der Waals surface area contributed by atoms with Gasteiger partial charge in [0.05, 0.1) is 12.1 Å². The van der Waals surface area contributed by atoms with Gasteiger partial charge in [-0.25, -0.2) is 9.59 Å². The molecule has 378 valence electrons. The van der Waals surface area contributed by atoms with Crippen LogP contribution in [0.25, 0.3) is 44.4 Å². The van der Waals surface area contributed by atoms with Gasteiger partial charge in [-0.15, -0.1) is 0 Å². The second kappa shape index (κ2) is 24.5. The van der Waals surface area contributed by atoms with Gasteiger partial charge in [0.1, 0.15) is 34.8 Å². The van der Waals surface area contributed by atoms with E-state index in [9.17, 15) is 53.4 Å². The molecule has 3 aromatic carbocycles. The van der Waals surface area contributed by atoms with Gasteiger partial charge in [-0.2, -0.15) is 0 Å². The summed E-state index contributed by atoms with van der Waals surface area (Å²) in [7, 11) is 0. The summed E-state index contributed by atoms with van der Waals surface area (Å²) < 4.78 is 11.2. The molecule has 0 fully saturated rings. The van der Waals surface area contributed by atoms with E-state index in [2.05, 4.69) is 31.9 Å². The number of fused-ring (bicyclic) bond motifs is 3. The third-order valence-electron chi connectivity index (χ3n) is 11.8. The maximum absolute atomic E-state index is 13.5. The summed E-state index contributed by atoms with van der Waals surface area (Å²) in [5.74, 6) is -4.07. The molecule has 19 heteroatoms. The lowest BCUT2D eigenvalue weighted by Gasteiger charge is -2.21. The average Bonchev–Trinajstić information content (AvgIpc) is 3.32. The van der Waals surface area contributed by atoms with Crippen LogP contribution in [0, 0.1) is 12.8 Å². The van der Waals surface area contributed by atoms with E-state index in [4.69, 9.17) is 8.83 Å². The number of hydrogen-bond acceptors (Lipinski definition) is 12. The molecule has 8 N–H and O–H groups in total. The normalized spacial score (nSPS) is 12.0. The number of nitrogens with one attached hydrogen (secondary N) is 6. The summed E-state index contributed by atoms with van der Waals surface area (Å²) in [4.78, 5) is 114. The molecule has 0 spiro atoms. The molecule has 2 heterocycles. The van der Waals surface area contributed by atoms with Crippen LogP contribution in [0.5, 0.6) is 5.75 Å². The molecule has 4 aromatic rings. The maximum Gasteiger partial charge on any atom is 0.336 e. The molecule has 0 radical (unpaired) electrons. The minimum atomic E-state index is -1.29. The Morgan fingerprint density at radius 2 is 1.38 bits per heavy atom. The van der Waals surface area contributed by atoms with Crippen molar-refractivity contribution in [2.75, 3.05) is 25.0 Å². The summed E-state index contributed by atoms with van der Waals surface area (Å²) >= 11 is 0. The molecular formula is C53H58N6O13. The Balaban J connectivity index is 0.982. The number of carboxylic acid groups (broad SMARTS) is 1. The fourth-order valence-electron chi connectivity index (χ4n) is 8.27. The van der Waals surface area contributed by atoms with Crippen LogP contribution >= 0.6 is 0 Å². The molecule has 1 aliphatic heterocycles. The van der Waals surface area contributed by atoms with Gasteiger partial charge in [0, 0.05) is 83.8 Å². The van der Waals surface area contributed by atoms with Gasteiger partial charge < -0.3 is 50.9 Å². The number of benzene rings is 4. The number of carbonyl (C=O) groups is 7. The zero-order valence-corrected chi connectivity index (χ0v) is 40.4. The number of aromatic hydroxyl groups is 1. The largest absolute Gasteiger partial charge is 0.508 e. The smallest absolute Gasteiger partial charge is 0.336 e. The van der Waals surface area contributed by atoms with Gasteiger partial charge in [0.15, 0.2) is 5.43 Å². The zero-order chi connectivity index (χ0) is 52.1. The van der Waals surface area contributed by atoms with E-state index in [1.165, 1.54) is 67.6 Å². The lowest BCUT2D eigenvalue weighted by molar-refractivity contribution is -0.131. The first kappa shape index (κ1) is 53.0. The second-order valence-corrected chi connectivity index (χ2v) is 18.0. The average molecular weight is 987 g/mol. The molecule has 6 rings (SSSR count). The highest BCUT2D eigenvalue weighted by molar-refractivity contribution is 6.09. The Hall–Kier alpha value is -8.35. The van der Waals surface area contributed by atoms with Crippen LogP contribution in [0.4, 0.5) is 5.69 Å². The minimum Gasteiger partial charge on any atom is -0.508 e. The molecular weight excluding hydrogens is 929 g/mol. The Morgan fingerprint density at radius 1 is 0.667 bits per heavy atom. The van der Waals surface area contributed by atoms with Crippen LogP contribution in [-0.2, 0) is 24.0 Å². The number of amides is 6. The van der Waals surface area contributed by atoms with Gasteiger partial charge in [0.25, 0.3) is 5.91 Å². The van der Waals surface area contributed by atoms with E-state index in [1.807, 2.05) is 13.8 Å². The lowest BCUT2D eigenvalue weighted by Crippen LogP contribution is -2.51. The molecule has 2 atom stereocenters. The highest BCUT2D eigenvalue weighted by Crippen LogP contribution is 2.42. The van der Waals surface area contributed by atoms with E-state index in [1.54, 1.807) is 25.1 Å². The molecule has 0 bridgehead atoms. The van der Waals surface area contributed by atoms with Gasteiger partial charge in [-0.05, 0) is 111 Å². The first-order valence-corrected chi connectivity index (χ1v) is 23.7. The van der Waals surface area contributed by atoms with E-state index >= 15 is 0 Å². The number of unbranched alkanes of at least 4 members (excludes halogenated alkanes) is 3. The molecule has 0 saturated heterocycles. The van der Waals surface area contributed by atoms with Crippen molar-refractivity contribution in [3.63, 3.8) is 0 Å². The van der Waals surface area contributed by atoms with Crippen LogP contribution in [0.15, 0.2) is 97.3 Å². The van der Waals surface area contributed by atoms with Crippen molar-refractivity contribution in [2.24, 2.45) is 5.92 Å². The van der Waals surface area contributed by atoms with Gasteiger partial charge in [-0.3, -0.25) is 33.6 Å². The molecule has 0 saturated carbocycles. The summed E-state index contributed by atoms with van der Waals surface area (Å²) in [6.45, 7) is 7.03. The topological polar surface area (TPSA) is 293 Å². The van der Waals surface area contributed by atoms with Crippen molar-refractivity contribution in [2.45, 2.75) is 91.1 Å². The number of rotatable bonds is 23. The fraction of sp³-hybridized carbons (Fsp3) is 0.340. The molecule has 72 heavy (non-hydrogen) atoms. The molecule has 0 unspecified atom stereocenters. The predicted molar refractivity (Wildman–Crippen MR) is 269 cm³/mol. The highest BCUT2D eigenvalue weighted by Gasteiger charge is 2.26. The fourth-order valence-corrected chi connectivity index (χ4v) is 8.27. The van der Waals surface area contributed by atoms with Gasteiger partial charge in [-0.1, -0.05) is 26.3 Å². The Labute approximate surface area is 413 Å². The van der Waals surface area contributed by atoms with Crippen LogP contribution in [0.2, 0.25) is 0 Å². The summed E-state index contributed by atoms with van der Waals surface area (Å²) in [6, 6.07) is 17.1. The number of aromatic carboxylic acids is 1. The highest BCUT2D eigenvalue weighted by atomic mass is 16.4. The zero-order valence-electron chi connectivity index (χ0n) is 40.4. The molecule has 1 aliphatic carbocycles. The van der Waals surface area contributed by atoms with Crippen molar-refractivity contribution in [1.82, 2.24) is 26.6 Å². The minimum absolute atomic E-state index is 0.00323. The number of carboxylic acids is 1.